The van der Waals surface area contributed by atoms with Crippen molar-refractivity contribution in [3.05, 3.63) is 29.3 Å². The van der Waals surface area contributed by atoms with Gasteiger partial charge in [0.25, 0.3) is 0 Å². The molecule has 0 bridgehead atoms. The van der Waals surface area contributed by atoms with Crippen LogP contribution in [0.25, 0.3) is 0 Å². The van der Waals surface area contributed by atoms with E-state index in [0.717, 1.165) is 45.3 Å². The first-order valence-electron chi connectivity index (χ1n) is 7.81. The summed E-state index contributed by atoms with van der Waals surface area (Å²) in [4.78, 5) is 2.33. The third kappa shape index (κ3) is 5.93. The van der Waals surface area contributed by atoms with Crippen LogP contribution in [0.4, 0.5) is 5.69 Å². The van der Waals surface area contributed by atoms with Crippen molar-refractivity contribution < 1.29 is 5.11 Å². The fourth-order valence-electron chi connectivity index (χ4n) is 2.39. The first kappa shape index (κ1) is 17.0. The molecule has 0 unspecified atom stereocenters. The van der Waals surface area contributed by atoms with Gasteiger partial charge in [0.2, 0.25) is 0 Å². The van der Waals surface area contributed by atoms with Crippen LogP contribution in [-0.4, -0.2) is 31.9 Å². The van der Waals surface area contributed by atoms with Crippen molar-refractivity contribution in [1.82, 2.24) is 5.32 Å². The summed E-state index contributed by atoms with van der Waals surface area (Å²) in [5.41, 5.74) is 4.02. The molecule has 0 radical (unpaired) electrons. The molecule has 114 valence electrons. The maximum Gasteiger partial charge on any atom is 0.0431 e. The van der Waals surface area contributed by atoms with Gasteiger partial charge in [-0.25, -0.2) is 0 Å². The molecule has 0 atom stereocenters. The van der Waals surface area contributed by atoms with Gasteiger partial charge in [-0.15, -0.1) is 0 Å². The fraction of sp³-hybridized carbons (Fsp3) is 0.647. The summed E-state index contributed by atoms with van der Waals surface area (Å²) in [6.45, 7) is 7.69. The van der Waals surface area contributed by atoms with Gasteiger partial charge >= 0.3 is 0 Å². The molecule has 2 N–H and O–H groups in total. The van der Waals surface area contributed by atoms with Crippen LogP contribution < -0.4 is 10.2 Å². The van der Waals surface area contributed by atoms with Crippen molar-refractivity contribution in [3.8, 4) is 0 Å². The SMILES string of the molecule is CCCNCc1cc(C)ccc1N(C)CCCCCO. The predicted octanol–water partition coefficient (Wildman–Crippen LogP) is 3.09. The average molecular weight is 278 g/mol. The Morgan fingerprint density at radius 1 is 1.20 bits per heavy atom. The van der Waals surface area contributed by atoms with E-state index in [4.69, 9.17) is 5.11 Å². The molecule has 0 heterocycles. The Kier molecular flexibility index (Phi) is 8.31. The van der Waals surface area contributed by atoms with Gasteiger partial charge in [0, 0.05) is 32.4 Å². The zero-order valence-electron chi connectivity index (χ0n) is 13.3. The topological polar surface area (TPSA) is 35.5 Å². The largest absolute Gasteiger partial charge is 0.396 e. The highest BCUT2D eigenvalue weighted by Gasteiger charge is 2.07. The number of hydrogen-bond donors (Lipinski definition) is 2. The van der Waals surface area contributed by atoms with Gasteiger partial charge < -0.3 is 15.3 Å². The highest BCUT2D eigenvalue weighted by atomic mass is 16.2. The van der Waals surface area contributed by atoms with Gasteiger partial charge in [-0.2, -0.15) is 0 Å². The number of unbranched alkanes of at least 4 members (excludes halogenated alkanes) is 2. The van der Waals surface area contributed by atoms with Crippen LogP contribution in [0.3, 0.4) is 0 Å². The van der Waals surface area contributed by atoms with E-state index >= 15 is 0 Å². The van der Waals surface area contributed by atoms with Crippen molar-refractivity contribution in [1.29, 1.82) is 0 Å². The molecular formula is C17H30N2O. The second-order valence-electron chi connectivity index (χ2n) is 5.51. The molecule has 20 heavy (non-hydrogen) atoms. The predicted molar refractivity (Wildman–Crippen MR) is 87.4 cm³/mol. The summed E-state index contributed by atoms with van der Waals surface area (Å²) in [6, 6.07) is 6.69. The number of aliphatic hydroxyl groups excluding tert-OH is 1. The molecule has 0 aromatic heterocycles. The number of aryl methyl sites for hydroxylation is 1. The summed E-state index contributed by atoms with van der Waals surface area (Å²) < 4.78 is 0. The number of nitrogens with zero attached hydrogens (tertiary/aromatic N) is 1. The minimum atomic E-state index is 0.306. The summed E-state index contributed by atoms with van der Waals surface area (Å²) in [5, 5.41) is 12.3. The molecule has 1 aromatic rings. The first-order chi connectivity index (χ1) is 9.69. The lowest BCUT2D eigenvalue weighted by atomic mass is 10.1. The van der Waals surface area contributed by atoms with Crippen LogP contribution in [0.1, 0.15) is 43.7 Å². The quantitative estimate of drug-likeness (QED) is 0.646. The van der Waals surface area contributed by atoms with Gasteiger partial charge in [0.1, 0.15) is 0 Å². The average Bonchev–Trinajstić information content (AvgIpc) is 2.44. The molecule has 3 nitrogen and oxygen atoms in total. The molecule has 0 amide bonds. The zero-order valence-corrected chi connectivity index (χ0v) is 13.3. The van der Waals surface area contributed by atoms with Crippen LogP contribution >= 0.6 is 0 Å². The Bertz CT molecular complexity index is 379. The van der Waals surface area contributed by atoms with E-state index in [1.54, 1.807) is 0 Å². The van der Waals surface area contributed by atoms with Gasteiger partial charge in [-0.1, -0.05) is 24.6 Å². The molecule has 0 aliphatic carbocycles. The molecule has 0 saturated carbocycles. The monoisotopic (exact) mass is 278 g/mol. The van der Waals surface area contributed by atoms with E-state index in [-0.39, 0.29) is 0 Å². The van der Waals surface area contributed by atoms with Crippen molar-refractivity contribution in [2.24, 2.45) is 0 Å². The maximum atomic E-state index is 8.82. The van der Waals surface area contributed by atoms with E-state index in [2.05, 4.69) is 49.3 Å². The second-order valence-corrected chi connectivity index (χ2v) is 5.51. The summed E-state index contributed by atoms with van der Waals surface area (Å²) in [7, 11) is 2.16. The Morgan fingerprint density at radius 2 is 2.00 bits per heavy atom. The van der Waals surface area contributed by atoms with Crippen molar-refractivity contribution in [2.45, 2.75) is 46.1 Å². The summed E-state index contributed by atoms with van der Waals surface area (Å²) in [6.07, 6.45) is 4.30. The van der Waals surface area contributed by atoms with Crippen LogP contribution in [0.2, 0.25) is 0 Å². The number of hydrogen-bond acceptors (Lipinski definition) is 3. The van der Waals surface area contributed by atoms with Crippen molar-refractivity contribution in [3.63, 3.8) is 0 Å². The number of nitrogens with one attached hydrogen (secondary N) is 1. The molecule has 0 saturated heterocycles. The fourth-order valence-corrected chi connectivity index (χ4v) is 2.39. The highest BCUT2D eigenvalue weighted by molar-refractivity contribution is 5.54. The number of benzene rings is 1. The van der Waals surface area contributed by atoms with Gasteiger partial charge in [0.05, 0.1) is 0 Å². The van der Waals surface area contributed by atoms with Gasteiger partial charge in [-0.05, 0) is 50.8 Å². The Morgan fingerprint density at radius 3 is 2.70 bits per heavy atom. The number of rotatable bonds is 10. The lowest BCUT2D eigenvalue weighted by Crippen LogP contribution is -2.22. The minimum Gasteiger partial charge on any atom is -0.396 e. The third-order valence-electron chi connectivity index (χ3n) is 3.54. The van der Waals surface area contributed by atoms with E-state index in [1.807, 2.05) is 0 Å². The van der Waals surface area contributed by atoms with Gasteiger partial charge in [-0.3, -0.25) is 0 Å². The van der Waals surface area contributed by atoms with Gasteiger partial charge in [0.15, 0.2) is 0 Å². The van der Waals surface area contributed by atoms with Crippen molar-refractivity contribution in [2.75, 3.05) is 31.6 Å². The van der Waals surface area contributed by atoms with E-state index in [1.165, 1.54) is 16.8 Å². The minimum absolute atomic E-state index is 0.306. The molecule has 1 rings (SSSR count). The zero-order chi connectivity index (χ0) is 14.8. The number of aliphatic hydroxyl groups is 1. The van der Waals surface area contributed by atoms with E-state index in [0.29, 0.717) is 6.61 Å². The molecule has 1 aromatic carbocycles. The first-order valence-corrected chi connectivity index (χ1v) is 7.81. The Hall–Kier alpha value is -1.06. The van der Waals surface area contributed by atoms with Crippen LogP contribution in [0.15, 0.2) is 18.2 Å². The smallest absolute Gasteiger partial charge is 0.0431 e. The summed E-state index contributed by atoms with van der Waals surface area (Å²) in [5.74, 6) is 0. The number of anilines is 1. The molecular weight excluding hydrogens is 248 g/mol. The second kappa shape index (κ2) is 9.78. The normalized spacial score (nSPS) is 10.8. The van der Waals surface area contributed by atoms with Crippen LogP contribution in [-0.2, 0) is 6.54 Å². The van der Waals surface area contributed by atoms with E-state index in [9.17, 15) is 0 Å². The molecule has 0 aliphatic heterocycles. The molecule has 0 spiro atoms. The highest BCUT2D eigenvalue weighted by Crippen LogP contribution is 2.21. The Balaban J connectivity index is 2.61. The van der Waals surface area contributed by atoms with Crippen molar-refractivity contribution >= 4 is 5.69 Å². The van der Waals surface area contributed by atoms with Crippen LogP contribution in [0, 0.1) is 6.92 Å². The lowest BCUT2D eigenvalue weighted by Gasteiger charge is -2.23. The Labute approximate surface area is 124 Å². The van der Waals surface area contributed by atoms with Crippen LogP contribution in [0.5, 0.6) is 0 Å². The van der Waals surface area contributed by atoms with E-state index < -0.39 is 0 Å². The lowest BCUT2D eigenvalue weighted by molar-refractivity contribution is 0.283. The third-order valence-corrected chi connectivity index (χ3v) is 3.54. The standard InChI is InChI=1S/C17H30N2O/c1-4-10-18-14-16-13-15(2)8-9-17(16)19(3)11-6-5-7-12-20/h8-9,13,18,20H,4-7,10-12,14H2,1-3H3. The molecule has 0 fully saturated rings. The molecule has 0 aliphatic rings. The summed E-state index contributed by atoms with van der Waals surface area (Å²) >= 11 is 0. The maximum absolute atomic E-state index is 8.82. The molecule has 3 heteroatoms.